The smallest absolute Gasteiger partial charge is 0.328 e. The molecule has 108 valence electrons. The Balaban J connectivity index is 2.66. The summed E-state index contributed by atoms with van der Waals surface area (Å²) in [7, 11) is 0. The Bertz CT molecular complexity index is 491. The normalized spacial score (nSPS) is 13.9. The zero-order valence-corrected chi connectivity index (χ0v) is 12.1. The number of nitrogens with one attached hydrogen (secondary N) is 1. The number of amides is 1. The highest BCUT2D eigenvalue weighted by molar-refractivity contribution is 5.94. The van der Waals surface area contributed by atoms with Gasteiger partial charge in [0.1, 0.15) is 0 Å². The monoisotopic (exact) mass is 275 g/mol. The molecule has 4 nitrogen and oxygen atoms in total. The number of carboxylic acid groups (broad SMARTS) is 1. The number of rotatable bonds is 6. The molecule has 1 rings (SSSR count). The van der Waals surface area contributed by atoms with Gasteiger partial charge in [-0.3, -0.25) is 4.79 Å². The molecular formula is C16H21NO3. The number of carbonyl (C=O) groups is 2. The second-order valence-corrected chi connectivity index (χ2v) is 4.88. The van der Waals surface area contributed by atoms with Crippen molar-refractivity contribution in [3.05, 3.63) is 47.5 Å². The summed E-state index contributed by atoms with van der Waals surface area (Å²) >= 11 is 0. The molecular weight excluding hydrogens is 254 g/mol. The molecule has 1 amide bonds. The molecule has 0 heterocycles. The van der Waals surface area contributed by atoms with Crippen molar-refractivity contribution in [2.24, 2.45) is 0 Å². The minimum absolute atomic E-state index is 0.160. The lowest BCUT2D eigenvalue weighted by Crippen LogP contribution is -2.24. The van der Waals surface area contributed by atoms with E-state index >= 15 is 0 Å². The van der Waals surface area contributed by atoms with Gasteiger partial charge < -0.3 is 10.4 Å². The van der Waals surface area contributed by atoms with E-state index in [1.165, 1.54) is 5.56 Å². The Morgan fingerprint density at radius 3 is 2.20 bits per heavy atom. The quantitative estimate of drug-likeness (QED) is 0.784. The molecule has 4 heteroatoms. The zero-order chi connectivity index (χ0) is 15.1. The van der Waals surface area contributed by atoms with Crippen molar-refractivity contribution in [2.75, 3.05) is 0 Å². The van der Waals surface area contributed by atoms with Crippen LogP contribution in [0.15, 0.2) is 36.4 Å². The van der Waals surface area contributed by atoms with E-state index in [0.29, 0.717) is 5.92 Å². The largest absolute Gasteiger partial charge is 0.478 e. The molecule has 0 radical (unpaired) electrons. The predicted molar refractivity (Wildman–Crippen MR) is 78.5 cm³/mol. The van der Waals surface area contributed by atoms with Crippen LogP contribution in [0.3, 0.4) is 0 Å². The molecule has 1 aromatic carbocycles. The Morgan fingerprint density at radius 1 is 1.15 bits per heavy atom. The second-order valence-electron chi connectivity index (χ2n) is 4.88. The number of carbonyl (C=O) groups excluding carboxylic acids is 1. The van der Waals surface area contributed by atoms with Crippen molar-refractivity contribution in [3.63, 3.8) is 0 Å². The van der Waals surface area contributed by atoms with E-state index in [1.807, 2.05) is 19.1 Å². The second kappa shape index (κ2) is 7.48. The summed E-state index contributed by atoms with van der Waals surface area (Å²) in [6.45, 7) is 6.19. The first-order valence-electron chi connectivity index (χ1n) is 6.75. The van der Waals surface area contributed by atoms with E-state index < -0.39 is 11.9 Å². The van der Waals surface area contributed by atoms with Crippen molar-refractivity contribution < 1.29 is 14.7 Å². The SMILES string of the molecule is CC[C@H](C)c1ccc([C@@H](C)NC(=O)/C=C\C(=O)O)cc1. The lowest BCUT2D eigenvalue weighted by atomic mass is 9.96. The topological polar surface area (TPSA) is 66.4 Å². The van der Waals surface area contributed by atoms with Crippen LogP contribution in [0.2, 0.25) is 0 Å². The van der Waals surface area contributed by atoms with E-state index in [9.17, 15) is 9.59 Å². The van der Waals surface area contributed by atoms with Crippen LogP contribution in [-0.4, -0.2) is 17.0 Å². The van der Waals surface area contributed by atoms with Gasteiger partial charge in [-0.05, 0) is 30.4 Å². The highest BCUT2D eigenvalue weighted by Gasteiger charge is 2.09. The molecule has 0 aliphatic rings. The number of hydrogen-bond acceptors (Lipinski definition) is 2. The lowest BCUT2D eigenvalue weighted by Gasteiger charge is -2.15. The van der Waals surface area contributed by atoms with Crippen LogP contribution in [0.1, 0.15) is 50.3 Å². The van der Waals surface area contributed by atoms with Crippen LogP contribution >= 0.6 is 0 Å². The van der Waals surface area contributed by atoms with Gasteiger partial charge in [-0.25, -0.2) is 4.79 Å². The molecule has 0 saturated heterocycles. The Morgan fingerprint density at radius 2 is 1.70 bits per heavy atom. The average Bonchev–Trinajstić information content (AvgIpc) is 2.44. The molecule has 2 N–H and O–H groups in total. The van der Waals surface area contributed by atoms with Gasteiger partial charge in [-0.15, -0.1) is 0 Å². The summed E-state index contributed by atoms with van der Waals surface area (Å²) in [5.41, 5.74) is 2.27. The maximum absolute atomic E-state index is 11.5. The molecule has 0 aromatic heterocycles. The van der Waals surface area contributed by atoms with Crippen LogP contribution < -0.4 is 5.32 Å². The summed E-state index contributed by atoms with van der Waals surface area (Å²) in [4.78, 5) is 21.8. The Kier molecular flexibility index (Phi) is 5.97. The third-order valence-electron chi connectivity index (χ3n) is 3.35. The van der Waals surface area contributed by atoms with Gasteiger partial charge in [0.2, 0.25) is 5.91 Å². The first-order valence-corrected chi connectivity index (χ1v) is 6.75. The molecule has 1 aromatic rings. The van der Waals surface area contributed by atoms with E-state index in [1.54, 1.807) is 0 Å². The maximum Gasteiger partial charge on any atom is 0.328 e. The highest BCUT2D eigenvalue weighted by atomic mass is 16.4. The molecule has 0 aliphatic carbocycles. The first kappa shape index (κ1) is 16.0. The number of aliphatic carboxylic acids is 1. The van der Waals surface area contributed by atoms with Gasteiger partial charge in [-0.1, -0.05) is 38.1 Å². The van der Waals surface area contributed by atoms with Crippen molar-refractivity contribution in [2.45, 2.75) is 39.2 Å². The molecule has 20 heavy (non-hydrogen) atoms. The first-order chi connectivity index (χ1) is 9.43. The average molecular weight is 275 g/mol. The van der Waals surface area contributed by atoms with E-state index in [-0.39, 0.29) is 6.04 Å². The van der Waals surface area contributed by atoms with E-state index in [4.69, 9.17) is 5.11 Å². The standard InChI is InChI=1S/C16H21NO3/c1-4-11(2)13-5-7-14(8-6-13)12(3)17-15(18)9-10-16(19)20/h5-12H,4H2,1-3H3,(H,17,18)(H,19,20)/b10-9-/t11-,12+/m0/s1. The van der Waals surface area contributed by atoms with Gasteiger partial charge in [-0.2, -0.15) is 0 Å². The zero-order valence-electron chi connectivity index (χ0n) is 12.1. The summed E-state index contributed by atoms with van der Waals surface area (Å²) in [6, 6.07) is 7.96. The molecule has 0 fully saturated rings. The molecule has 0 saturated carbocycles. The molecule has 0 aliphatic heterocycles. The number of benzene rings is 1. The Hall–Kier alpha value is -2.10. The molecule has 2 atom stereocenters. The van der Waals surface area contributed by atoms with Crippen molar-refractivity contribution in [1.29, 1.82) is 0 Å². The van der Waals surface area contributed by atoms with Crippen molar-refractivity contribution in [1.82, 2.24) is 5.32 Å². The summed E-state index contributed by atoms with van der Waals surface area (Å²) in [6.07, 6.45) is 2.94. The lowest BCUT2D eigenvalue weighted by molar-refractivity contribution is -0.131. The van der Waals surface area contributed by atoms with Gasteiger partial charge in [0.15, 0.2) is 0 Å². The summed E-state index contributed by atoms with van der Waals surface area (Å²) in [5, 5.41) is 11.2. The van der Waals surface area contributed by atoms with Crippen LogP contribution in [-0.2, 0) is 9.59 Å². The van der Waals surface area contributed by atoms with Crippen molar-refractivity contribution >= 4 is 11.9 Å². The Labute approximate surface area is 119 Å². The van der Waals surface area contributed by atoms with E-state index in [2.05, 4.69) is 31.3 Å². The molecule has 0 bridgehead atoms. The van der Waals surface area contributed by atoms with Gasteiger partial charge in [0.25, 0.3) is 0 Å². The van der Waals surface area contributed by atoms with Gasteiger partial charge >= 0.3 is 5.97 Å². The van der Waals surface area contributed by atoms with Crippen molar-refractivity contribution in [3.8, 4) is 0 Å². The third kappa shape index (κ3) is 4.88. The summed E-state index contributed by atoms with van der Waals surface area (Å²) < 4.78 is 0. The highest BCUT2D eigenvalue weighted by Crippen LogP contribution is 2.21. The van der Waals surface area contributed by atoms with Gasteiger partial charge in [0.05, 0.1) is 6.04 Å². The minimum Gasteiger partial charge on any atom is -0.478 e. The van der Waals surface area contributed by atoms with Gasteiger partial charge in [0, 0.05) is 12.2 Å². The van der Waals surface area contributed by atoms with Crippen LogP contribution in [0.4, 0.5) is 0 Å². The maximum atomic E-state index is 11.5. The van der Waals surface area contributed by atoms with Crippen LogP contribution in [0.5, 0.6) is 0 Å². The van der Waals surface area contributed by atoms with E-state index in [0.717, 1.165) is 24.1 Å². The number of carboxylic acids is 1. The fraction of sp³-hybridized carbons (Fsp3) is 0.375. The molecule has 0 unspecified atom stereocenters. The minimum atomic E-state index is -1.13. The van der Waals surface area contributed by atoms with Crippen LogP contribution in [0.25, 0.3) is 0 Å². The fourth-order valence-electron chi connectivity index (χ4n) is 1.84. The third-order valence-corrected chi connectivity index (χ3v) is 3.35. The van der Waals surface area contributed by atoms with Crippen LogP contribution in [0, 0.1) is 0 Å². The fourth-order valence-corrected chi connectivity index (χ4v) is 1.84. The summed E-state index contributed by atoms with van der Waals surface area (Å²) in [5.74, 6) is -1.02. The number of hydrogen-bond donors (Lipinski definition) is 2. The molecule has 0 spiro atoms. The predicted octanol–water partition coefficient (Wildman–Crippen LogP) is 3.02.